The van der Waals surface area contributed by atoms with Gasteiger partial charge in [-0.2, -0.15) is 0 Å². The molecule has 0 aliphatic rings. The van der Waals surface area contributed by atoms with E-state index in [1.807, 2.05) is 6.92 Å². The molecule has 0 spiro atoms. The fourth-order valence-electron chi connectivity index (χ4n) is 1.84. The van der Waals surface area contributed by atoms with Gasteiger partial charge < -0.3 is 14.6 Å². The van der Waals surface area contributed by atoms with E-state index < -0.39 is 12.0 Å². The molecule has 1 rings (SSSR count). The molecule has 1 atom stereocenters. The molecule has 1 aromatic rings. The second-order valence-corrected chi connectivity index (χ2v) is 4.06. The van der Waals surface area contributed by atoms with Gasteiger partial charge in [0.25, 0.3) is 0 Å². The Kier molecular flexibility index (Phi) is 5.78. The van der Waals surface area contributed by atoms with Gasteiger partial charge in [-0.1, -0.05) is 13.5 Å². The van der Waals surface area contributed by atoms with Crippen molar-refractivity contribution in [3.8, 4) is 0 Å². The molecule has 0 bridgehead atoms. The number of H-pyrrole nitrogens is 1. The minimum atomic E-state index is -0.670. The first-order valence-electron chi connectivity index (χ1n) is 6.12. The molecule has 0 radical (unpaired) electrons. The summed E-state index contributed by atoms with van der Waals surface area (Å²) in [6.45, 7) is 5.87. The molecule has 0 fully saturated rings. The molecule has 1 amide bonds. The maximum Gasteiger partial charge on any atom is 0.328 e. The van der Waals surface area contributed by atoms with Gasteiger partial charge in [-0.3, -0.25) is 4.79 Å². The van der Waals surface area contributed by atoms with E-state index in [9.17, 15) is 9.59 Å². The number of carbonyl (C=O) groups excluding carboxylic acids is 2. The number of methoxy groups -OCH3 is 1. The summed E-state index contributed by atoms with van der Waals surface area (Å²) in [6.07, 6.45) is 5.45. The molecule has 1 N–H and O–H groups in total. The van der Waals surface area contributed by atoms with Crippen LogP contribution in [-0.2, 0) is 20.7 Å². The maximum absolute atomic E-state index is 11.9. The highest BCUT2D eigenvalue weighted by atomic mass is 16.5. The average molecular weight is 265 g/mol. The molecule has 0 aromatic carbocycles. The molecule has 0 saturated heterocycles. The van der Waals surface area contributed by atoms with Crippen molar-refractivity contribution < 1.29 is 14.3 Å². The van der Waals surface area contributed by atoms with Crippen molar-refractivity contribution in [2.75, 3.05) is 13.7 Å². The highest BCUT2D eigenvalue weighted by Crippen LogP contribution is 2.10. The summed E-state index contributed by atoms with van der Waals surface area (Å²) < 4.78 is 4.78. The Hall–Kier alpha value is -2.11. The lowest BCUT2D eigenvalue weighted by Crippen LogP contribution is -2.46. The third-order valence-corrected chi connectivity index (χ3v) is 2.74. The highest BCUT2D eigenvalue weighted by Gasteiger charge is 2.29. The number of carbonyl (C=O) groups is 2. The van der Waals surface area contributed by atoms with E-state index in [-0.39, 0.29) is 5.91 Å². The van der Waals surface area contributed by atoms with Crippen molar-refractivity contribution in [1.29, 1.82) is 0 Å². The Labute approximate surface area is 112 Å². The van der Waals surface area contributed by atoms with E-state index in [0.29, 0.717) is 13.0 Å². The van der Waals surface area contributed by atoms with Gasteiger partial charge in [0, 0.05) is 24.9 Å². The first-order chi connectivity index (χ1) is 9.13. The van der Waals surface area contributed by atoms with Crippen LogP contribution in [0.3, 0.4) is 0 Å². The summed E-state index contributed by atoms with van der Waals surface area (Å²) in [6, 6.07) is -0.670. The second kappa shape index (κ2) is 7.35. The molecule has 1 aromatic heterocycles. The number of nitrogens with one attached hydrogen (secondary N) is 1. The highest BCUT2D eigenvalue weighted by molar-refractivity contribution is 5.91. The summed E-state index contributed by atoms with van der Waals surface area (Å²) in [7, 11) is 1.31. The first kappa shape index (κ1) is 14.9. The van der Waals surface area contributed by atoms with Crippen molar-refractivity contribution in [1.82, 2.24) is 14.9 Å². The zero-order chi connectivity index (χ0) is 14.3. The van der Waals surface area contributed by atoms with Crippen molar-refractivity contribution in [3.63, 3.8) is 0 Å². The Morgan fingerprint density at radius 2 is 2.37 bits per heavy atom. The Bertz CT molecular complexity index is 428. The number of ether oxygens (including phenoxy) is 1. The molecule has 19 heavy (non-hydrogen) atoms. The summed E-state index contributed by atoms with van der Waals surface area (Å²) in [5.41, 5.74) is 0.772. The number of amides is 1. The minimum Gasteiger partial charge on any atom is -0.467 e. The number of hydrogen-bond donors (Lipinski definition) is 1. The normalized spacial score (nSPS) is 11.7. The monoisotopic (exact) mass is 265 g/mol. The van der Waals surface area contributed by atoms with Gasteiger partial charge >= 0.3 is 5.97 Å². The van der Waals surface area contributed by atoms with Gasteiger partial charge in [0.2, 0.25) is 5.91 Å². The van der Waals surface area contributed by atoms with Crippen molar-refractivity contribution >= 4 is 11.9 Å². The maximum atomic E-state index is 11.9. The first-order valence-corrected chi connectivity index (χ1v) is 6.12. The van der Waals surface area contributed by atoms with E-state index in [4.69, 9.17) is 4.74 Å². The fourth-order valence-corrected chi connectivity index (χ4v) is 1.84. The van der Waals surface area contributed by atoms with E-state index in [0.717, 1.165) is 12.1 Å². The lowest BCUT2D eigenvalue weighted by Gasteiger charge is -2.28. The predicted octanol–water partition coefficient (Wildman–Crippen LogP) is 0.918. The molecule has 6 heteroatoms. The van der Waals surface area contributed by atoms with Gasteiger partial charge in [0.1, 0.15) is 6.04 Å². The Morgan fingerprint density at radius 3 is 2.84 bits per heavy atom. The average Bonchev–Trinajstić information content (AvgIpc) is 2.94. The van der Waals surface area contributed by atoms with Crippen molar-refractivity contribution in [2.45, 2.75) is 25.8 Å². The predicted molar refractivity (Wildman–Crippen MR) is 70.3 cm³/mol. The van der Waals surface area contributed by atoms with E-state index in [2.05, 4.69) is 16.5 Å². The number of aromatic nitrogens is 2. The third-order valence-electron chi connectivity index (χ3n) is 2.74. The van der Waals surface area contributed by atoms with Crippen LogP contribution in [0.2, 0.25) is 0 Å². The van der Waals surface area contributed by atoms with Crippen LogP contribution in [-0.4, -0.2) is 46.4 Å². The van der Waals surface area contributed by atoms with Crippen LogP contribution in [0.1, 0.15) is 19.0 Å². The lowest BCUT2D eigenvalue weighted by molar-refractivity contribution is -0.151. The summed E-state index contributed by atoms with van der Waals surface area (Å²) in [5.74, 6) is -0.727. The van der Waals surface area contributed by atoms with Crippen LogP contribution in [0.25, 0.3) is 0 Å². The topological polar surface area (TPSA) is 75.3 Å². The van der Waals surface area contributed by atoms with Crippen LogP contribution in [0.4, 0.5) is 0 Å². The van der Waals surface area contributed by atoms with Gasteiger partial charge in [0.15, 0.2) is 0 Å². The van der Waals surface area contributed by atoms with Crippen LogP contribution in [0.15, 0.2) is 25.2 Å². The number of esters is 1. The molecule has 1 heterocycles. The smallest absolute Gasteiger partial charge is 0.328 e. The molecule has 6 nitrogen and oxygen atoms in total. The second-order valence-electron chi connectivity index (χ2n) is 4.06. The van der Waals surface area contributed by atoms with Crippen LogP contribution >= 0.6 is 0 Å². The quantitative estimate of drug-likeness (QED) is 0.587. The summed E-state index contributed by atoms with van der Waals surface area (Å²) >= 11 is 0. The molecule has 0 saturated carbocycles. The van der Waals surface area contributed by atoms with Gasteiger partial charge in [0.05, 0.1) is 13.4 Å². The minimum absolute atomic E-state index is 0.281. The number of nitrogens with zero attached hydrogens (tertiary/aromatic N) is 2. The molecule has 0 unspecified atom stereocenters. The Morgan fingerprint density at radius 1 is 1.63 bits per heavy atom. The van der Waals surface area contributed by atoms with E-state index in [1.165, 1.54) is 24.4 Å². The van der Waals surface area contributed by atoms with Crippen molar-refractivity contribution in [2.24, 2.45) is 0 Å². The van der Waals surface area contributed by atoms with Crippen LogP contribution in [0, 0.1) is 0 Å². The number of aromatic amines is 1. The zero-order valence-electron chi connectivity index (χ0n) is 11.3. The molecule has 104 valence electrons. The third kappa shape index (κ3) is 3.94. The molecular formula is C13H19N3O3. The number of imidazole rings is 1. The lowest BCUT2D eigenvalue weighted by atomic mass is 10.1. The molecule has 0 aliphatic heterocycles. The Balaban J connectivity index is 2.95. The molecular weight excluding hydrogens is 246 g/mol. The summed E-state index contributed by atoms with van der Waals surface area (Å²) in [5, 5.41) is 0. The van der Waals surface area contributed by atoms with Crippen LogP contribution < -0.4 is 0 Å². The van der Waals surface area contributed by atoms with Gasteiger partial charge in [-0.05, 0) is 12.5 Å². The summed E-state index contributed by atoms with van der Waals surface area (Å²) in [4.78, 5) is 32.0. The number of rotatable bonds is 7. The SMILES string of the molecule is C=CC(=O)N(CCC)[C@@H](Cc1cnc[nH]1)C(=O)OC. The standard InChI is InChI=1S/C13H19N3O3/c1-4-6-16(12(17)5-2)11(13(18)19-3)7-10-8-14-9-15-10/h5,8-9,11H,2,4,6-7H2,1,3H3,(H,14,15)/t11-/m0/s1. The van der Waals surface area contributed by atoms with Gasteiger partial charge in [-0.25, -0.2) is 9.78 Å². The zero-order valence-corrected chi connectivity index (χ0v) is 11.3. The van der Waals surface area contributed by atoms with E-state index >= 15 is 0 Å². The molecule has 0 aliphatic carbocycles. The van der Waals surface area contributed by atoms with Gasteiger partial charge in [-0.15, -0.1) is 0 Å². The number of hydrogen-bond acceptors (Lipinski definition) is 4. The fraction of sp³-hybridized carbons (Fsp3) is 0.462. The van der Waals surface area contributed by atoms with Crippen LogP contribution in [0.5, 0.6) is 0 Å². The van der Waals surface area contributed by atoms with Crippen molar-refractivity contribution in [3.05, 3.63) is 30.9 Å². The largest absolute Gasteiger partial charge is 0.467 e. The van der Waals surface area contributed by atoms with E-state index in [1.54, 1.807) is 6.20 Å².